The number of hydrogen-bond donors (Lipinski definition) is 0. The Morgan fingerprint density at radius 1 is 1.28 bits per heavy atom. The van der Waals surface area contributed by atoms with Gasteiger partial charge < -0.3 is 9.64 Å². The van der Waals surface area contributed by atoms with Crippen LogP contribution in [0.4, 0.5) is 4.39 Å². The van der Waals surface area contributed by atoms with E-state index in [1.807, 2.05) is 17.5 Å². The first-order valence-corrected chi connectivity index (χ1v) is 11.6. The van der Waals surface area contributed by atoms with Crippen LogP contribution in [0.25, 0.3) is 0 Å². The van der Waals surface area contributed by atoms with E-state index < -0.39 is 0 Å². The molecule has 1 amide bonds. The molecule has 3 heterocycles. The number of rotatable bonds is 4. The Kier molecular flexibility index (Phi) is 6.59. The zero-order chi connectivity index (χ0) is 20.2. The van der Waals surface area contributed by atoms with Crippen LogP contribution in [0.15, 0.2) is 46.9 Å². The quantitative estimate of drug-likeness (QED) is 0.662. The van der Waals surface area contributed by atoms with Gasteiger partial charge in [0, 0.05) is 19.5 Å². The maximum atomic E-state index is 13.4. The lowest BCUT2D eigenvalue weighted by Crippen LogP contribution is -2.39. The Hall–Kier alpha value is -1.81. The Morgan fingerprint density at radius 2 is 2.03 bits per heavy atom. The van der Waals surface area contributed by atoms with E-state index >= 15 is 0 Å². The van der Waals surface area contributed by atoms with Gasteiger partial charge >= 0.3 is 0 Å². The Morgan fingerprint density at radius 3 is 2.72 bits per heavy atom. The fraction of sp³-hybridized carbons (Fsp3) is 0.350. The van der Waals surface area contributed by atoms with E-state index in [9.17, 15) is 9.18 Å². The van der Waals surface area contributed by atoms with Crippen molar-refractivity contribution in [2.75, 3.05) is 32.1 Å². The molecule has 9 heteroatoms. The van der Waals surface area contributed by atoms with Gasteiger partial charge in [0.05, 0.1) is 35.6 Å². The lowest BCUT2D eigenvalue weighted by Gasteiger charge is -2.29. The number of ether oxygens (including phenoxy) is 1. The van der Waals surface area contributed by atoms with Crippen LogP contribution in [0, 0.1) is 5.82 Å². The number of morpholine rings is 1. The average Bonchev–Trinajstić information content (AvgIpc) is 3.43. The summed E-state index contributed by atoms with van der Waals surface area (Å²) < 4.78 is 19.4. The molecule has 5 nitrogen and oxygen atoms in total. The van der Waals surface area contributed by atoms with E-state index in [1.54, 1.807) is 23.5 Å². The van der Waals surface area contributed by atoms with Gasteiger partial charge in [-0.1, -0.05) is 42.2 Å². The molecule has 0 radical (unpaired) electrons. The number of hydrazone groups is 1. The molecule has 0 unspecified atom stereocenters. The molecular weight excluding hydrogens is 429 g/mol. The number of carbonyl (C=O) groups excluding carboxylic acids is 1. The smallest absolute Gasteiger partial charge is 0.253 e. The third-order valence-corrected chi connectivity index (χ3v) is 7.24. The third-order valence-electron chi connectivity index (χ3n) is 4.81. The van der Waals surface area contributed by atoms with Gasteiger partial charge in [0.1, 0.15) is 10.1 Å². The summed E-state index contributed by atoms with van der Waals surface area (Å²) in [5, 5.41) is 8.16. The summed E-state index contributed by atoms with van der Waals surface area (Å²) in [5.74, 6) is -0.184. The molecule has 0 bridgehead atoms. The molecule has 0 saturated carbocycles. The topological polar surface area (TPSA) is 45.1 Å². The standard InChI is InChI=1S/C20H20FN3O2S3/c21-15-5-3-14(4-6-15)17-12-16(18-2-1-11-28-18)22-24(17)19(25)13-29-20(27)23-7-9-26-10-8-23/h1-6,11,17H,7-10,12-13H2/t17-/m1/s1. The highest BCUT2D eigenvalue weighted by atomic mass is 32.2. The van der Waals surface area contributed by atoms with Gasteiger partial charge in [-0.25, -0.2) is 9.40 Å². The van der Waals surface area contributed by atoms with Gasteiger partial charge in [-0.2, -0.15) is 5.10 Å². The number of thiocarbonyl (C=S) groups is 1. The van der Waals surface area contributed by atoms with E-state index in [4.69, 9.17) is 17.0 Å². The van der Waals surface area contributed by atoms with E-state index in [2.05, 4.69) is 10.0 Å². The van der Waals surface area contributed by atoms with Crippen LogP contribution in [-0.4, -0.2) is 57.9 Å². The maximum Gasteiger partial charge on any atom is 0.253 e. The van der Waals surface area contributed by atoms with Gasteiger partial charge in [-0.3, -0.25) is 4.79 Å². The summed E-state index contributed by atoms with van der Waals surface area (Å²) in [6.45, 7) is 2.81. The number of nitrogens with zero attached hydrogens (tertiary/aromatic N) is 3. The van der Waals surface area contributed by atoms with Gasteiger partial charge in [0.25, 0.3) is 5.91 Å². The highest BCUT2D eigenvalue weighted by Gasteiger charge is 2.33. The summed E-state index contributed by atoms with van der Waals surface area (Å²) >= 11 is 8.44. The molecule has 4 rings (SSSR count). The fourth-order valence-corrected chi connectivity index (χ4v) is 5.13. The SMILES string of the molecule is O=C(CSC(=S)N1CCOCC1)N1N=C(c2cccs2)C[C@@H]1c1ccc(F)cc1. The molecule has 2 aromatic rings. The zero-order valence-corrected chi connectivity index (χ0v) is 18.1. The second kappa shape index (κ2) is 9.34. The first kappa shape index (κ1) is 20.5. The van der Waals surface area contributed by atoms with Crippen LogP contribution in [0.3, 0.4) is 0 Å². The minimum atomic E-state index is -0.296. The molecule has 1 saturated heterocycles. The lowest BCUT2D eigenvalue weighted by molar-refractivity contribution is -0.130. The number of hydrogen-bond acceptors (Lipinski definition) is 6. The summed E-state index contributed by atoms with van der Waals surface area (Å²) in [7, 11) is 0. The van der Waals surface area contributed by atoms with Gasteiger partial charge in [0.15, 0.2) is 0 Å². The molecule has 2 aliphatic heterocycles. The molecular formula is C20H20FN3O2S3. The highest BCUT2D eigenvalue weighted by molar-refractivity contribution is 8.23. The zero-order valence-electron chi connectivity index (χ0n) is 15.6. The molecule has 0 N–H and O–H groups in total. The minimum absolute atomic E-state index is 0.105. The van der Waals surface area contributed by atoms with Crippen molar-refractivity contribution in [3.8, 4) is 0 Å². The monoisotopic (exact) mass is 449 g/mol. The van der Waals surface area contributed by atoms with Gasteiger partial charge in [-0.15, -0.1) is 11.3 Å². The molecule has 1 aromatic heterocycles. The van der Waals surface area contributed by atoms with Crippen molar-refractivity contribution >= 4 is 51.3 Å². The number of benzene rings is 1. The first-order chi connectivity index (χ1) is 14.1. The Bertz CT molecular complexity index is 896. The maximum absolute atomic E-state index is 13.4. The Balaban J connectivity index is 1.48. The van der Waals surface area contributed by atoms with E-state index in [0.717, 1.165) is 29.2 Å². The molecule has 0 aliphatic carbocycles. The molecule has 1 atom stereocenters. The highest BCUT2D eigenvalue weighted by Crippen LogP contribution is 2.34. The van der Waals surface area contributed by atoms with E-state index in [1.165, 1.54) is 28.9 Å². The minimum Gasteiger partial charge on any atom is -0.378 e. The van der Waals surface area contributed by atoms with Crippen LogP contribution in [0.2, 0.25) is 0 Å². The normalized spacial score (nSPS) is 19.3. The van der Waals surface area contributed by atoms with Crippen LogP contribution in [-0.2, 0) is 9.53 Å². The summed E-state index contributed by atoms with van der Waals surface area (Å²) in [6.07, 6.45) is 0.608. The Labute approximate surface area is 182 Å². The first-order valence-electron chi connectivity index (χ1n) is 9.30. The van der Waals surface area contributed by atoms with Crippen LogP contribution >= 0.6 is 35.3 Å². The van der Waals surface area contributed by atoms with E-state index in [-0.39, 0.29) is 23.5 Å². The number of thioether (sulfide) groups is 1. The predicted octanol–water partition coefficient (Wildman–Crippen LogP) is 3.92. The third kappa shape index (κ3) is 4.85. The van der Waals surface area contributed by atoms with Crippen molar-refractivity contribution < 1.29 is 13.9 Å². The average molecular weight is 450 g/mol. The van der Waals surface area contributed by atoms with E-state index in [0.29, 0.717) is 24.0 Å². The summed E-state index contributed by atoms with van der Waals surface area (Å²) in [5.41, 5.74) is 1.75. The molecule has 1 fully saturated rings. The second-order valence-corrected chi connectivity index (χ2v) is 9.24. The number of carbonyl (C=O) groups is 1. The van der Waals surface area contributed by atoms with Crippen molar-refractivity contribution in [3.05, 3.63) is 58.0 Å². The number of amides is 1. The van der Waals surface area contributed by atoms with Gasteiger partial charge in [-0.05, 0) is 29.1 Å². The summed E-state index contributed by atoms with van der Waals surface area (Å²) in [4.78, 5) is 16.1. The van der Waals surface area contributed by atoms with Crippen LogP contribution in [0.1, 0.15) is 22.9 Å². The lowest BCUT2D eigenvalue weighted by atomic mass is 10.0. The van der Waals surface area contributed by atoms with Crippen molar-refractivity contribution in [1.82, 2.24) is 9.91 Å². The molecule has 29 heavy (non-hydrogen) atoms. The summed E-state index contributed by atoms with van der Waals surface area (Å²) in [6, 6.07) is 10.0. The van der Waals surface area contributed by atoms with Gasteiger partial charge in [0.2, 0.25) is 0 Å². The molecule has 0 spiro atoms. The number of thiophene rings is 1. The van der Waals surface area contributed by atoms with Crippen molar-refractivity contribution in [3.63, 3.8) is 0 Å². The molecule has 152 valence electrons. The molecule has 1 aromatic carbocycles. The fourth-order valence-electron chi connectivity index (χ4n) is 3.30. The van der Waals surface area contributed by atoms with Crippen LogP contribution in [0.5, 0.6) is 0 Å². The predicted molar refractivity (Wildman–Crippen MR) is 119 cm³/mol. The van der Waals surface area contributed by atoms with Crippen molar-refractivity contribution in [2.24, 2.45) is 5.10 Å². The number of halogens is 1. The second-order valence-electron chi connectivity index (χ2n) is 6.69. The van der Waals surface area contributed by atoms with Crippen molar-refractivity contribution in [2.45, 2.75) is 12.5 Å². The van der Waals surface area contributed by atoms with Crippen LogP contribution < -0.4 is 0 Å². The molecule has 2 aliphatic rings. The largest absolute Gasteiger partial charge is 0.378 e. The van der Waals surface area contributed by atoms with Crippen molar-refractivity contribution in [1.29, 1.82) is 0 Å².